The summed E-state index contributed by atoms with van der Waals surface area (Å²) in [6.07, 6.45) is 7.26. The largest absolute Gasteiger partial charge is 0.322 e. The molecule has 1 N–H and O–H groups in total. The monoisotopic (exact) mass is 458 g/mol. The molecule has 2 aliphatic heterocycles. The number of carbonyl (C=O) groups is 3. The molecular formula is C24H27ClN2O3S. The number of unbranched alkanes of at least 4 members (excludes halogenated alkanes) is 3. The summed E-state index contributed by atoms with van der Waals surface area (Å²) in [5, 5.41) is 5.12. The molecule has 4 rings (SSSR count). The van der Waals surface area contributed by atoms with Crippen molar-refractivity contribution in [3.63, 3.8) is 0 Å². The molecule has 31 heavy (non-hydrogen) atoms. The average molecular weight is 459 g/mol. The summed E-state index contributed by atoms with van der Waals surface area (Å²) < 4.78 is 0. The molecule has 1 saturated heterocycles. The van der Waals surface area contributed by atoms with Gasteiger partial charge in [0.1, 0.15) is 6.04 Å². The van der Waals surface area contributed by atoms with Gasteiger partial charge in [-0.2, -0.15) is 0 Å². The van der Waals surface area contributed by atoms with E-state index < -0.39 is 6.04 Å². The van der Waals surface area contributed by atoms with E-state index in [0.29, 0.717) is 13.0 Å². The highest BCUT2D eigenvalue weighted by molar-refractivity contribution is 7.10. The van der Waals surface area contributed by atoms with Crippen molar-refractivity contribution >= 4 is 40.7 Å². The summed E-state index contributed by atoms with van der Waals surface area (Å²) in [6.45, 7) is 2.50. The second-order valence-corrected chi connectivity index (χ2v) is 9.82. The second kappa shape index (κ2) is 9.53. The number of carbonyl (C=O) groups excluding carboxylic acids is 3. The molecule has 1 fully saturated rings. The molecule has 3 heterocycles. The summed E-state index contributed by atoms with van der Waals surface area (Å²) in [5.41, 5.74) is 4.22. The standard InChI is InChI=1S/C24H27ClN2O3S/c1-15-8-9-16(12-19(15)25)6-4-2-3-5-7-21-17-13-27(24(30)18(17)14-31-21)20-10-11-22(28)26-23(20)29/h8-9,12,14,20H,2-7,10-11,13H2,1H3,(H,26,28,29). The maximum Gasteiger partial charge on any atom is 0.256 e. The number of thiophene rings is 1. The summed E-state index contributed by atoms with van der Waals surface area (Å²) in [7, 11) is 0. The normalized spacial score (nSPS) is 18.5. The fourth-order valence-electron chi connectivity index (χ4n) is 4.37. The highest BCUT2D eigenvalue weighted by atomic mass is 35.5. The van der Waals surface area contributed by atoms with Crippen LogP contribution in [0.5, 0.6) is 0 Å². The van der Waals surface area contributed by atoms with Gasteiger partial charge in [-0.3, -0.25) is 19.7 Å². The number of amides is 3. The smallest absolute Gasteiger partial charge is 0.256 e. The molecule has 1 atom stereocenters. The van der Waals surface area contributed by atoms with Crippen molar-refractivity contribution in [3.8, 4) is 0 Å². The van der Waals surface area contributed by atoms with Gasteiger partial charge in [0.05, 0.1) is 5.56 Å². The molecular weight excluding hydrogens is 432 g/mol. The SMILES string of the molecule is Cc1ccc(CCCCCCc2scc3c2CN(C2CCC(=O)NC2=O)C3=O)cc1Cl. The maximum atomic E-state index is 12.8. The molecule has 164 valence electrons. The lowest BCUT2D eigenvalue weighted by atomic mass is 10.0. The number of nitrogens with one attached hydrogen (secondary N) is 1. The highest BCUT2D eigenvalue weighted by Gasteiger charge is 2.40. The van der Waals surface area contributed by atoms with E-state index in [4.69, 9.17) is 11.6 Å². The maximum absolute atomic E-state index is 12.8. The lowest BCUT2D eigenvalue weighted by molar-refractivity contribution is -0.136. The third-order valence-corrected chi connectivity index (χ3v) is 7.74. The highest BCUT2D eigenvalue weighted by Crippen LogP contribution is 2.34. The van der Waals surface area contributed by atoms with Crippen molar-refractivity contribution in [1.82, 2.24) is 10.2 Å². The van der Waals surface area contributed by atoms with Gasteiger partial charge in [0.2, 0.25) is 11.8 Å². The van der Waals surface area contributed by atoms with E-state index >= 15 is 0 Å². The van der Waals surface area contributed by atoms with Gasteiger partial charge in [-0.05, 0) is 61.8 Å². The Morgan fingerprint density at radius 3 is 2.65 bits per heavy atom. The van der Waals surface area contributed by atoms with Gasteiger partial charge < -0.3 is 4.90 Å². The number of imide groups is 1. The minimum absolute atomic E-state index is 0.0799. The van der Waals surface area contributed by atoms with Crippen LogP contribution >= 0.6 is 22.9 Å². The van der Waals surface area contributed by atoms with Crippen LogP contribution in [0.1, 0.15) is 70.5 Å². The molecule has 0 spiro atoms. The van der Waals surface area contributed by atoms with E-state index in [0.717, 1.165) is 53.8 Å². The lowest BCUT2D eigenvalue weighted by Crippen LogP contribution is -2.52. The number of rotatable bonds is 8. The van der Waals surface area contributed by atoms with Gasteiger partial charge in [0, 0.05) is 28.2 Å². The van der Waals surface area contributed by atoms with Crippen molar-refractivity contribution in [3.05, 3.63) is 55.7 Å². The molecule has 0 bridgehead atoms. The zero-order valence-electron chi connectivity index (χ0n) is 17.7. The molecule has 1 unspecified atom stereocenters. The number of benzene rings is 1. The van der Waals surface area contributed by atoms with Gasteiger partial charge in [0.25, 0.3) is 5.91 Å². The molecule has 0 radical (unpaired) electrons. The van der Waals surface area contributed by atoms with Crippen LogP contribution in [-0.2, 0) is 29.0 Å². The Morgan fingerprint density at radius 1 is 1.13 bits per heavy atom. The Balaban J connectivity index is 1.24. The van der Waals surface area contributed by atoms with Crippen LogP contribution in [0, 0.1) is 6.92 Å². The van der Waals surface area contributed by atoms with Crippen LogP contribution in [0.4, 0.5) is 0 Å². The third kappa shape index (κ3) is 4.85. The Labute approximate surface area is 191 Å². The Bertz CT molecular complexity index is 1020. The Hall–Kier alpha value is -2.18. The molecule has 0 aliphatic carbocycles. The molecule has 3 amide bonds. The fraction of sp³-hybridized carbons (Fsp3) is 0.458. The first-order valence-electron chi connectivity index (χ1n) is 10.9. The topological polar surface area (TPSA) is 66.5 Å². The van der Waals surface area contributed by atoms with Crippen molar-refractivity contribution in [2.75, 3.05) is 0 Å². The molecule has 2 aliphatic rings. The van der Waals surface area contributed by atoms with Crippen LogP contribution in [-0.4, -0.2) is 28.7 Å². The van der Waals surface area contributed by atoms with Crippen LogP contribution in [0.15, 0.2) is 23.6 Å². The van der Waals surface area contributed by atoms with E-state index in [1.165, 1.54) is 16.9 Å². The van der Waals surface area contributed by atoms with E-state index in [1.807, 2.05) is 12.3 Å². The molecule has 5 nitrogen and oxygen atoms in total. The second-order valence-electron chi connectivity index (χ2n) is 8.45. The molecule has 0 saturated carbocycles. The van der Waals surface area contributed by atoms with Gasteiger partial charge >= 0.3 is 0 Å². The molecule has 1 aromatic heterocycles. The summed E-state index contributed by atoms with van der Waals surface area (Å²) in [5.74, 6) is -0.688. The van der Waals surface area contributed by atoms with Crippen molar-refractivity contribution < 1.29 is 14.4 Å². The van der Waals surface area contributed by atoms with E-state index in [9.17, 15) is 14.4 Å². The summed E-state index contributed by atoms with van der Waals surface area (Å²) in [6, 6.07) is 5.76. The number of nitrogens with zero attached hydrogens (tertiary/aromatic N) is 1. The fourth-order valence-corrected chi connectivity index (χ4v) is 5.66. The van der Waals surface area contributed by atoms with Crippen molar-refractivity contribution in [1.29, 1.82) is 0 Å². The van der Waals surface area contributed by atoms with Crippen molar-refractivity contribution in [2.45, 2.75) is 70.9 Å². The predicted molar refractivity (Wildman–Crippen MR) is 122 cm³/mol. The Morgan fingerprint density at radius 2 is 1.90 bits per heavy atom. The minimum atomic E-state index is -0.536. The van der Waals surface area contributed by atoms with Crippen molar-refractivity contribution in [2.24, 2.45) is 0 Å². The van der Waals surface area contributed by atoms with E-state index in [1.54, 1.807) is 16.2 Å². The van der Waals surface area contributed by atoms with Crippen LogP contribution in [0.3, 0.4) is 0 Å². The number of hydrogen-bond acceptors (Lipinski definition) is 4. The first-order chi connectivity index (χ1) is 14.9. The molecule has 7 heteroatoms. The van der Waals surface area contributed by atoms with Crippen LogP contribution < -0.4 is 5.32 Å². The predicted octanol–water partition coefficient (Wildman–Crippen LogP) is 4.82. The van der Waals surface area contributed by atoms with E-state index in [2.05, 4.69) is 23.5 Å². The number of halogens is 1. The molecule has 2 aromatic rings. The molecule has 1 aromatic carbocycles. The van der Waals surface area contributed by atoms with Gasteiger partial charge in [0.15, 0.2) is 0 Å². The van der Waals surface area contributed by atoms with E-state index in [-0.39, 0.29) is 24.1 Å². The third-order valence-electron chi connectivity index (χ3n) is 6.24. The Kier molecular flexibility index (Phi) is 6.77. The van der Waals surface area contributed by atoms with Gasteiger partial charge in [-0.1, -0.05) is 36.6 Å². The van der Waals surface area contributed by atoms with Gasteiger partial charge in [-0.25, -0.2) is 0 Å². The first-order valence-corrected chi connectivity index (χ1v) is 12.2. The average Bonchev–Trinajstić information content (AvgIpc) is 3.28. The number of aryl methyl sites for hydroxylation is 3. The minimum Gasteiger partial charge on any atom is -0.322 e. The number of fused-ring (bicyclic) bond motifs is 1. The summed E-state index contributed by atoms with van der Waals surface area (Å²) in [4.78, 5) is 39.3. The van der Waals surface area contributed by atoms with Gasteiger partial charge in [-0.15, -0.1) is 11.3 Å². The number of piperidine rings is 1. The zero-order chi connectivity index (χ0) is 22.0. The van der Waals surface area contributed by atoms with Crippen LogP contribution in [0.25, 0.3) is 0 Å². The lowest BCUT2D eigenvalue weighted by Gasteiger charge is -2.29. The first kappa shape index (κ1) is 22.0. The zero-order valence-corrected chi connectivity index (χ0v) is 19.3. The summed E-state index contributed by atoms with van der Waals surface area (Å²) >= 11 is 7.85. The van der Waals surface area contributed by atoms with Crippen LogP contribution in [0.2, 0.25) is 5.02 Å². The number of hydrogen-bond donors (Lipinski definition) is 1. The quantitative estimate of drug-likeness (QED) is 0.455.